The molecule has 1 aromatic heterocycles. The molecular weight excluding hydrogens is 180 g/mol. The van der Waals surface area contributed by atoms with Gasteiger partial charge >= 0.3 is 0 Å². The van der Waals surface area contributed by atoms with Gasteiger partial charge in [-0.3, -0.25) is 4.68 Å². The number of rotatable bonds is 5. The first-order chi connectivity index (χ1) is 6.63. The second-order valence-electron chi connectivity index (χ2n) is 3.42. The van der Waals surface area contributed by atoms with Gasteiger partial charge in [0.25, 0.3) is 0 Å². The average molecular weight is 198 g/mol. The molecule has 0 aliphatic carbocycles. The molecule has 1 unspecified atom stereocenters. The van der Waals surface area contributed by atoms with Gasteiger partial charge in [-0.15, -0.1) is 0 Å². The van der Waals surface area contributed by atoms with E-state index in [0.29, 0.717) is 19.8 Å². The van der Waals surface area contributed by atoms with E-state index in [1.54, 1.807) is 4.68 Å². The van der Waals surface area contributed by atoms with Gasteiger partial charge in [-0.25, -0.2) is 0 Å². The SMILES string of the molecule is CCOCC(O)Cn1nc(C)cc1C. The zero-order chi connectivity index (χ0) is 10.6. The summed E-state index contributed by atoms with van der Waals surface area (Å²) in [5.74, 6) is 0. The minimum absolute atomic E-state index is 0.370. The second-order valence-corrected chi connectivity index (χ2v) is 3.42. The highest BCUT2D eigenvalue weighted by atomic mass is 16.5. The van der Waals surface area contributed by atoms with Gasteiger partial charge in [0.15, 0.2) is 0 Å². The highest BCUT2D eigenvalue weighted by Gasteiger charge is 2.08. The number of aliphatic hydroxyl groups is 1. The smallest absolute Gasteiger partial charge is 0.0969 e. The summed E-state index contributed by atoms with van der Waals surface area (Å²) in [7, 11) is 0. The summed E-state index contributed by atoms with van der Waals surface area (Å²) in [6.07, 6.45) is -0.479. The maximum atomic E-state index is 9.58. The van der Waals surface area contributed by atoms with Crippen LogP contribution in [0.3, 0.4) is 0 Å². The van der Waals surface area contributed by atoms with E-state index in [9.17, 15) is 5.11 Å². The van der Waals surface area contributed by atoms with Crippen LogP contribution in [0.1, 0.15) is 18.3 Å². The molecule has 0 aliphatic rings. The first-order valence-electron chi connectivity index (χ1n) is 4.90. The molecule has 0 spiro atoms. The van der Waals surface area contributed by atoms with Crippen molar-refractivity contribution in [1.29, 1.82) is 0 Å². The van der Waals surface area contributed by atoms with Crippen LogP contribution in [-0.4, -0.2) is 34.2 Å². The van der Waals surface area contributed by atoms with Gasteiger partial charge in [-0.2, -0.15) is 5.10 Å². The monoisotopic (exact) mass is 198 g/mol. The maximum absolute atomic E-state index is 9.58. The molecule has 1 atom stereocenters. The van der Waals surface area contributed by atoms with Crippen molar-refractivity contribution >= 4 is 0 Å². The van der Waals surface area contributed by atoms with Gasteiger partial charge in [0.2, 0.25) is 0 Å². The van der Waals surface area contributed by atoms with E-state index in [2.05, 4.69) is 5.10 Å². The third kappa shape index (κ3) is 3.12. The van der Waals surface area contributed by atoms with E-state index >= 15 is 0 Å². The van der Waals surface area contributed by atoms with E-state index in [1.165, 1.54) is 0 Å². The summed E-state index contributed by atoms with van der Waals surface area (Å²) in [6.45, 7) is 7.34. The molecule has 14 heavy (non-hydrogen) atoms. The zero-order valence-electron chi connectivity index (χ0n) is 9.03. The molecule has 0 fully saturated rings. The highest BCUT2D eigenvalue weighted by molar-refractivity contribution is 5.06. The van der Waals surface area contributed by atoms with Crippen LogP contribution in [0.4, 0.5) is 0 Å². The van der Waals surface area contributed by atoms with Gasteiger partial charge in [-0.1, -0.05) is 0 Å². The lowest BCUT2D eigenvalue weighted by Crippen LogP contribution is -2.23. The molecule has 1 rings (SSSR count). The van der Waals surface area contributed by atoms with Crippen LogP contribution in [0.5, 0.6) is 0 Å². The summed E-state index contributed by atoms with van der Waals surface area (Å²) < 4.78 is 6.93. The van der Waals surface area contributed by atoms with Gasteiger partial charge in [0, 0.05) is 12.3 Å². The predicted octanol–water partition coefficient (Wildman–Crippen LogP) is 0.897. The van der Waals surface area contributed by atoms with Crippen LogP contribution in [0.25, 0.3) is 0 Å². The van der Waals surface area contributed by atoms with Gasteiger partial charge < -0.3 is 9.84 Å². The number of aliphatic hydroxyl groups excluding tert-OH is 1. The van der Waals surface area contributed by atoms with Crippen LogP contribution in [-0.2, 0) is 11.3 Å². The van der Waals surface area contributed by atoms with Crippen molar-refractivity contribution in [2.45, 2.75) is 33.4 Å². The third-order valence-electron chi connectivity index (χ3n) is 2.00. The highest BCUT2D eigenvalue weighted by Crippen LogP contribution is 2.03. The summed E-state index contributed by atoms with van der Waals surface area (Å²) in [5.41, 5.74) is 2.05. The lowest BCUT2D eigenvalue weighted by molar-refractivity contribution is 0.0313. The third-order valence-corrected chi connectivity index (χ3v) is 2.00. The normalized spacial score (nSPS) is 13.1. The Kier molecular flexibility index (Phi) is 4.10. The Labute approximate surface area is 84.5 Å². The fourth-order valence-electron chi connectivity index (χ4n) is 1.37. The Morgan fingerprint density at radius 2 is 2.29 bits per heavy atom. The summed E-state index contributed by atoms with van der Waals surface area (Å²) >= 11 is 0. The molecule has 1 N–H and O–H groups in total. The fraction of sp³-hybridized carbons (Fsp3) is 0.700. The molecule has 0 saturated carbocycles. The Morgan fingerprint density at radius 1 is 1.57 bits per heavy atom. The second kappa shape index (κ2) is 5.12. The topological polar surface area (TPSA) is 47.3 Å². The molecule has 0 radical (unpaired) electrons. The Hall–Kier alpha value is -0.870. The molecule has 1 heterocycles. The van der Waals surface area contributed by atoms with Crippen molar-refractivity contribution in [2.24, 2.45) is 0 Å². The minimum atomic E-state index is -0.479. The lowest BCUT2D eigenvalue weighted by atomic mass is 10.3. The summed E-state index contributed by atoms with van der Waals surface area (Å²) in [6, 6.07) is 1.99. The number of aryl methyl sites for hydroxylation is 2. The number of aromatic nitrogens is 2. The van der Waals surface area contributed by atoms with E-state index in [-0.39, 0.29) is 0 Å². The zero-order valence-corrected chi connectivity index (χ0v) is 9.03. The Morgan fingerprint density at radius 3 is 2.79 bits per heavy atom. The van der Waals surface area contributed by atoms with Crippen LogP contribution in [0, 0.1) is 13.8 Å². The van der Waals surface area contributed by atoms with Gasteiger partial charge in [0.05, 0.1) is 24.9 Å². The lowest BCUT2D eigenvalue weighted by Gasteiger charge is -2.11. The van der Waals surface area contributed by atoms with E-state index < -0.39 is 6.10 Å². The number of hydrogen-bond donors (Lipinski definition) is 1. The minimum Gasteiger partial charge on any atom is -0.389 e. The predicted molar refractivity (Wildman–Crippen MR) is 54.2 cm³/mol. The molecule has 80 valence electrons. The van der Waals surface area contributed by atoms with E-state index in [1.807, 2.05) is 26.8 Å². The van der Waals surface area contributed by atoms with Crippen molar-refractivity contribution in [1.82, 2.24) is 9.78 Å². The van der Waals surface area contributed by atoms with E-state index in [0.717, 1.165) is 11.4 Å². The van der Waals surface area contributed by atoms with Crippen molar-refractivity contribution in [3.8, 4) is 0 Å². The Balaban J connectivity index is 2.47. The molecule has 4 nitrogen and oxygen atoms in total. The van der Waals surface area contributed by atoms with Crippen LogP contribution < -0.4 is 0 Å². The first-order valence-corrected chi connectivity index (χ1v) is 4.90. The standard InChI is InChI=1S/C10H18N2O2/c1-4-14-7-10(13)6-12-9(3)5-8(2)11-12/h5,10,13H,4,6-7H2,1-3H3. The summed E-state index contributed by atoms with van der Waals surface area (Å²) in [4.78, 5) is 0. The fourth-order valence-corrected chi connectivity index (χ4v) is 1.37. The van der Waals surface area contributed by atoms with E-state index in [4.69, 9.17) is 4.74 Å². The molecule has 1 aromatic rings. The van der Waals surface area contributed by atoms with Crippen LogP contribution in [0.2, 0.25) is 0 Å². The molecule has 0 aromatic carbocycles. The molecule has 0 saturated heterocycles. The largest absolute Gasteiger partial charge is 0.389 e. The van der Waals surface area contributed by atoms with Crippen LogP contribution in [0.15, 0.2) is 6.07 Å². The molecule has 4 heteroatoms. The molecule has 0 amide bonds. The van der Waals surface area contributed by atoms with Crippen LogP contribution >= 0.6 is 0 Å². The number of hydrogen-bond acceptors (Lipinski definition) is 3. The van der Waals surface area contributed by atoms with Crippen molar-refractivity contribution < 1.29 is 9.84 Å². The quantitative estimate of drug-likeness (QED) is 0.764. The Bertz CT molecular complexity index is 284. The van der Waals surface area contributed by atoms with Crippen molar-refractivity contribution in [3.63, 3.8) is 0 Å². The first kappa shape index (κ1) is 11.2. The van der Waals surface area contributed by atoms with Crippen molar-refractivity contribution in [2.75, 3.05) is 13.2 Å². The maximum Gasteiger partial charge on any atom is 0.0969 e. The molecule has 0 aliphatic heterocycles. The number of ether oxygens (including phenoxy) is 1. The van der Waals surface area contributed by atoms with Crippen molar-refractivity contribution in [3.05, 3.63) is 17.5 Å². The average Bonchev–Trinajstić information content (AvgIpc) is 2.42. The number of nitrogens with zero attached hydrogens (tertiary/aromatic N) is 2. The summed E-state index contributed by atoms with van der Waals surface area (Å²) in [5, 5.41) is 13.8. The van der Waals surface area contributed by atoms with Gasteiger partial charge in [0.1, 0.15) is 0 Å². The molecular formula is C10H18N2O2. The van der Waals surface area contributed by atoms with Gasteiger partial charge in [-0.05, 0) is 26.8 Å². The molecule has 0 bridgehead atoms.